The highest BCUT2D eigenvalue weighted by Crippen LogP contribution is 2.37. The summed E-state index contributed by atoms with van der Waals surface area (Å²) in [5.41, 5.74) is 0. The van der Waals surface area contributed by atoms with Crippen molar-refractivity contribution in [3.8, 4) is 5.75 Å². The number of hydrogen-bond acceptors (Lipinski definition) is 3. The Bertz CT molecular complexity index is 413. The summed E-state index contributed by atoms with van der Waals surface area (Å²) >= 11 is 8.01. The van der Waals surface area contributed by atoms with E-state index in [9.17, 15) is 5.11 Å². The molecule has 2 atom stereocenters. The van der Waals surface area contributed by atoms with E-state index in [-0.39, 0.29) is 5.75 Å². The molecule has 0 amide bonds. The van der Waals surface area contributed by atoms with Crippen LogP contribution in [0.5, 0.6) is 5.75 Å². The fraction of sp³-hybridized carbons (Fsp3) is 0.625. The third-order valence-corrected chi connectivity index (χ3v) is 5.44. The number of halogens is 1. The lowest BCUT2D eigenvalue weighted by molar-refractivity contribution is 0.185. The van der Waals surface area contributed by atoms with E-state index in [0.717, 1.165) is 11.4 Å². The van der Waals surface area contributed by atoms with Gasteiger partial charge in [-0.15, -0.1) is 11.8 Å². The minimum absolute atomic E-state index is 0.235. The van der Waals surface area contributed by atoms with Crippen molar-refractivity contribution in [2.24, 2.45) is 0 Å². The summed E-state index contributed by atoms with van der Waals surface area (Å²) in [6.45, 7) is 7.41. The van der Waals surface area contributed by atoms with E-state index in [1.165, 1.54) is 19.3 Å². The molecule has 1 aromatic carbocycles. The first-order chi connectivity index (χ1) is 9.60. The maximum atomic E-state index is 9.36. The van der Waals surface area contributed by atoms with Gasteiger partial charge in [-0.2, -0.15) is 0 Å². The number of phenols is 1. The summed E-state index contributed by atoms with van der Waals surface area (Å²) in [6, 6.07) is 5.94. The van der Waals surface area contributed by atoms with E-state index in [1.807, 2.05) is 31.7 Å². The molecule has 0 aliphatic carbocycles. The first-order valence-corrected chi connectivity index (χ1v) is 8.71. The van der Waals surface area contributed by atoms with Gasteiger partial charge in [0.05, 0.1) is 5.02 Å². The van der Waals surface area contributed by atoms with Crippen LogP contribution in [0.3, 0.4) is 0 Å². The van der Waals surface area contributed by atoms with Gasteiger partial charge in [-0.1, -0.05) is 32.4 Å². The molecule has 4 heteroatoms. The number of piperidine rings is 1. The highest BCUT2D eigenvalue weighted by molar-refractivity contribution is 8.00. The van der Waals surface area contributed by atoms with Crippen LogP contribution in [0.2, 0.25) is 5.02 Å². The maximum Gasteiger partial charge on any atom is 0.117 e. The fourth-order valence-electron chi connectivity index (χ4n) is 2.48. The number of hydrogen-bond donors (Lipinski definition) is 1. The molecular formula is C16H26ClNOS. The predicted molar refractivity (Wildman–Crippen MR) is 90.1 cm³/mol. The Morgan fingerprint density at radius 3 is 2.70 bits per heavy atom. The third-order valence-electron chi connectivity index (χ3n) is 3.64. The average Bonchev–Trinajstić information content (AvgIpc) is 2.46. The van der Waals surface area contributed by atoms with E-state index in [2.05, 4.69) is 18.9 Å². The molecule has 0 radical (unpaired) electrons. The smallest absolute Gasteiger partial charge is 0.117 e. The standard InChI is InChI=1S/C14H20ClNOS.C2H6/c1-3-10-8-12(6-7-16(10)2)18-14-5-4-11(17)9-13(14)15;1-2/h4-5,9-10,12,17H,3,6-8H2,1-2H3;1-2H3/t10?,12-;/m0./s1. The first-order valence-electron chi connectivity index (χ1n) is 7.45. The number of aromatic hydroxyl groups is 1. The van der Waals surface area contributed by atoms with Gasteiger partial charge in [0.15, 0.2) is 0 Å². The van der Waals surface area contributed by atoms with Crippen LogP contribution in [0.15, 0.2) is 23.1 Å². The van der Waals surface area contributed by atoms with Crippen molar-refractivity contribution < 1.29 is 5.11 Å². The van der Waals surface area contributed by atoms with Gasteiger partial charge in [0.25, 0.3) is 0 Å². The monoisotopic (exact) mass is 315 g/mol. The Kier molecular flexibility index (Phi) is 7.78. The van der Waals surface area contributed by atoms with Crippen molar-refractivity contribution in [1.82, 2.24) is 4.90 Å². The zero-order valence-corrected chi connectivity index (χ0v) is 14.5. The maximum absolute atomic E-state index is 9.36. The van der Waals surface area contributed by atoms with E-state index >= 15 is 0 Å². The Hall–Kier alpha value is -0.380. The number of likely N-dealkylation sites (tertiary alicyclic amines) is 1. The zero-order valence-electron chi connectivity index (χ0n) is 12.9. The van der Waals surface area contributed by atoms with Gasteiger partial charge >= 0.3 is 0 Å². The molecular weight excluding hydrogens is 290 g/mol. The second kappa shape index (κ2) is 8.81. The molecule has 0 aromatic heterocycles. The lowest BCUT2D eigenvalue weighted by Crippen LogP contribution is -2.40. The molecule has 1 aliphatic heterocycles. The molecule has 20 heavy (non-hydrogen) atoms. The molecule has 1 aromatic rings. The summed E-state index contributed by atoms with van der Waals surface area (Å²) < 4.78 is 0. The zero-order chi connectivity index (χ0) is 15.1. The SMILES string of the molecule is CC.CCC1C[C@@H](Sc2ccc(O)cc2Cl)CCN1C. The molecule has 2 rings (SSSR count). The van der Waals surface area contributed by atoms with Crippen LogP contribution in [0.25, 0.3) is 0 Å². The van der Waals surface area contributed by atoms with Gasteiger partial charge in [0.2, 0.25) is 0 Å². The molecule has 1 N–H and O–H groups in total. The number of thioether (sulfide) groups is 1. The minimum Gasteiger partial charge on any atom is -0.508 e. The highest BCUT2D eigenvalue weighted by atomic mass is 35.5. The summed E-state index contributed by atoms with van der Waals surface area (Å²) in [5, 5.41) is 10.6. The minimum atomic E-state index is 0.235. The molecule has 1 fully saturated rings. The number of nitrogens with zero attached hydrogens (tertiary/aromatic N) is 1. The van der Waals surface area contributed by atoms with Gasteiger partial charge < -0.3 is 10.0 Å². The van der Waals surface area contributed by atoms with Crippen molar-refractivity contribution in [2.75, 3.05) is 13.6 Å². The van der Waals surface area contributed by atoms with E-state index in [0.29, 0.717) is 16.3 Å². The Labute approximate surface area is 132 Å². The van der Waals surface area contributed by atoms with Crippen LogP contribution in [0.1, 0.15) is 40.0 Å². The van der Waals surface area contributed by atoms with Gasteiger partial charge in [0.1, 0.15) is 5.75 Å². The van der Waals surface area contributed by atoms with Crippen LogP contribution in [-0.4, -0.2) is 34.9 Å². The van der Waals surface area contributed by atoms with Gasteiger partial charge in [-0.3, -0.25) is 0 Å². The normalized spacial score (nSPS) is 23.1. The molecule has 1 heterocycles. The third kappa shape index (κ3) is 4.87. The number of rotatable bonds is 3. The quantitative estimate of drug-likeness (QED) is 0.845. The molecule has 0 bridgehead atoms. The molecule has 1 saturated heterocycles. The Morgan fingerprint density at radius 2 is 2.10 bits per heavy atom. The number of phenolic OH excluding ortho intramolecular Hbond substituents is 1. The summed E-state index contributed by atoms with van der Waals surface area (Å²) in [6.07, 6.45) is 3.63. The van der Waals surface area contributed by atoms with Crippen molar-refractivity contribution in [1.29, 1.82) is 0 Å². The molecule has 0 saturated carbocycles. The summed E-state index contributed by atoms with van der Waals surface area (Å²) in [4.78, 5) is 3.54. The summed E-state index contributed by atoms with van der Waals surface area (Å²) in [5.74, 6) is 0.235. The van der Waals surface area contributed by atoms with Crippen LogP contribution in [0, 0.1) is 0 Å². The molecule has 114 valence electrons. The lowest BCUT2D eigenvalue weighted by atomic mass is 10.0. The van der Waals surface area contributed by atoms with Gasteiger partial charge in [-0.25, -0.2) is 0 Å². The van der Waals surface area contributed by atoms with Crippen LogP contribution in [-0.2, 0) is 0 Å². The van der Waals surface area contributed by atoms with Gasteiger partial charge in [0, 0.05) is 16.2 Å². The van der Waals surface area contributed by atoms with Crippen molar-refractivity contribution in [3.05, 3.63) is 23.2 Å². The molecule has 0 spiro atoms. The van der Waals surface area contributed by atoms with Crippen LogP contribution in [0.4, 0.5) is 0 Å². The summed E-state index contributed by atoms with van der Waals surface area (Å²) in [7, 11) is 2.21. The molecule has 2 nitrogen and oxygen atoms in total. The second-order valence-electron chi connectivity index (χ2n) is 4.92. The van der Waals surface area contributed by atoms with E-state index in [1.54, 1.807) is 12.1 Å². The second-order valence-corrected chi connectivity index (χ2v) is 6.67. The fourth-order valence-corrected chi connectivity index (χ4v) is 4.01. The molecule has 1 unspecified atom stereocenters. The first kappa shape index (κ1) is 17.7. The van der Waals surface area contributed by atoms with Crippen LogP contribution < -0.4 is 0 Å². The van der Waals surface area contributed by atoms with Crippen LogP contribution >= 0.6 is 23.4 Å². The van der Waals surface area contributed by atoms with E-state index in [4.69, 9.17) is 11.6 Å². The Balaban J connectivity index is 0.000000956. The van der Waals surface area contributed by atoms with Crippen molar-refractivity contribution in [3.63, 3.8) is 0 Å². The van der Waals surface area contributed by atoms with Crippen molar-refractivity contribution in [2.45, 2.75) is 56.2 Å². The van der Waals surface area contributed by atoms with Gasteiger partial charge in [-0.05, 0) is 51.1 Å². The average molecular weight is 316 g/mol. The Morgan fingerprint density at radius 1 is 1.40 bits per heavy atom. The predicted octanol–water partition coefficient (Wildman–Crippen LogP) is 5.04. The highest BCUT2D eigenvalue weighted by Gasteiger charge is 2.25. The van der Waals surface area contributed by atoms with E-state index < -0.39 is 0 Å². The number of benzene rings is 1. The topological polar surface area (TPSA) is 23.5 Å². The van der Waals surface area contributed by atoms with Crippen molar-refractivity contribution >= 4 is 23.4 Å². The molecule has 1 aliphatic rings. The largest absolute Gasteiger partial charge is 0.508 e. The lowest BCUT2D eigenvalue weighted by Gasteiger charge is -2.36.